The van der Waals surface area contributed by atoms with Gasteiger partial charge in [-0.05, 0) is 43.2 Å². The second kappa shape index (κ2) is 4.43. The molecule has 18 heavy (non-hydrogen) atoms. The van der Waals surface area contributed by atoms with Crippen molar-refractivity contribution < 1.29 is 14.6 Å². The van der Waals surface area contributed by atoms with Crippen molar-refractivity contribution in [3.63, 3.8) is 0 Å². The number of aliphatic carboxylic acids is 1. The van der Waals surface area contributed by atoms with E-state index in [0.29, 0.717) is 5.92 Å². The normalized spacial score (nSPS) is 30.7. The molecule has 0 amide bonds. The first-order valence-corrected chi connectivity index (χ1v) is 6.66. The molecule has 98 valence electrons. The highest BCUT2D eigenvalue weighted by atomic mass is 16.5. The fraction of sp³-hybridized carbons (Fsp3) is 0.643. The first kappa shape index (κ1) is 11.8. The van der Waals surface area contributed by atoms with Crippen molar-refractivity contribution >= 4 is 5.97 Å². The summed E-state index contributed by atoms with van der Waals surface area (Å²) < 4.78 is 5.46. The lowest BCUT2D eigenvalue weighted by atomic mass is 9.63. The Hall–Kier alpha value is -1.29. The molecule has 0 spiro atoms. The van der Waals surface area contributed by atoms with E-state index >= 15 is 0 Å². The van der Waals surface area contributed by atoms with Crippen LogP contribution in [0.4, 0.5) is 0 Å². The molecule has 1 aliphatic carbocycles. The van der Waals surface area contributed by atoms with E-state index in [9.17, 15) is 4.79 Å². The van der Waals surface area contributed by atoms with Crippen LogP contribution in [-0.4, -0.2) is 29.3 Å². The molecule has 4 nitrogen and oxygen atoms in total. The summed E-state index contributed by atoms with van der Waals surface area (Å²) in [6, 6.07) is 2.13. The molecule has 2 aliphatic rings. The van der Waals surface area contributed by atoms with E-state index in [1.165, 1.54) is 5.56 Å². The maximum atomic E-state index is 11.0. The third kappa shape index (κ3) is 1.75. The Labute approximate surface area is 106 Å². The van der Waals surface area contributed by atoms with Crippen LogP contribution in [0.3, 0.4) is 0 Å². The van der Waals surface area contributed by atoms with Gasteiger partial charge >= 0.3 is 5.97 Å². The van der Waals surface area contributed by atoms with Gasteiger partial charge in [-0.3, -0.25) is 4.79 Å². The Bertz CT molecular complexity index is 414. The average Bonchev–Trinajstić information content (AvgIpc) is 2.82. The molecule has 1 saturated carbocycles. The van der Waals surface area contributed by atoms with E-state index in [0.717, 1.165) is 38.9 Å². The number of nitrogens with one attached hydrogen (secondary N) is 1. The Balaban J connectivity index is 1.73. The van der Waals surface area contributed by atoms with Gasteiger partial charge in [-0.25, -0.2) is 0 Å². The van der Waals surface area contributed by atoms with Crippen LogP contribution in [0.2, 0.25) is 0 Å². The van der Waals surface area contributed by atoms with Crippen molar-refractivity contribution in [1.29, 1.82) is 0 Å². The second-order valence-electron chi connectivity index (χ2n) is 5.64. The van der Waals surface area contributed by atoms with Crippen LogP contribution in [-0.2, 0) is 14.9 Å². The van der Waals surface area contributed by atoms with Gasteiger partial charge in [0.05, 0.1) is 19.1 Å². The van der Waals surface area contributed by atoms with Gasteiger partial charge in [-0.1, -0.05) is 0 Å². The van der Waals surface area contributed by atoms with Crippen LogP contribution >= 0.6 is 0 Å². The minimum Gasteiger partial charge on any atom is -0.481 e. The van der Waals surface area contributed by atoms with Crippen LogP contribution in [0.25, 0.3) is 0 Å². The number of ether oxygens (including phenoxy) is 1. The Morgan fingerprint density at radius 3 is 2.50 bits per heavy atom. The smallest absolute Gasteiger partial charge is 0.306 e. The highest BCUT2D eigenvalue weighted by Gasteiger charge is 2.48. The van der Waals surface area contributed by atoms with Gasteiger partial charge in [-0.2, -0.15) is 0 Å². The van der Waals surface area contributed by atoms with Gasteiger partial charge < -0.3 is 14.8 Å². The summed E-state index contributed by atoms with van der Waals surface area (Å²) in [6.45, 7) is 1.57. The molecular weight excluding hydrogens is 230 g/mol. The van der Waals surface area contributed by atoms with Crippen molar-refractivity contribution in [2.24, 2.45) is 11.8 Å². The Kier molecular flexibility index (Phi) is 2.90. The van der Waals surface area contributed by atoms with Crippen molar-refractivity contribution in [1.82, 2.24) is 4.98 Å². The van der Waals surface area contributed by atoms with Gasteiger partial charge in [0.2, 0.25) is 0 Å². The highest BCUT2D eigenvalue weighted by Crippen LogP contribution is 2.46. The van der Waals surface area contributed by atoms with Crippen molar-refractivity contribution in [3.05, 3.63) is 24.0 Å². The lowest BCUT2D eigenvalue weighted by Crippen LogP contribution is -2.53. The number of carbonyl (C=O) groups is 1. The molecule has 1 aromatic rings. The topological polar surface area (TPSA) is 62.3 Å². The van der Waals surface area contributed by atoms with Crippen LogP contribution in [0, 0.1) is 11.8 Å². The summed E-state index contributed by atoms with van der Waals surface area (Å²) in [5, 5.41) is 9.05. The Morgan fingerprint density at radius 1 is 1.33 bits per heavy atom. The minimum absolute atomic E-state index is 0.134. The monoisotopic (exact) mass is 249 g/mol. The number of aromatic nitrogens is 1. The van der Waals surface area contributed by atoms with Gasteiger partial charge in [0.1, 0.15) is 0 Å². The van der Waals surface area contributed by atoms with Crippen LogP contribution in [0.15, 0.2) is 18.5 Å². The largest absolute Gasteiger partial charge is 0.481 e. The van der Waals surface area contributed by atoms with Crippen LogP contribution in [0.5, 0.6) is 0 Å². The molecule has 2 N–H and O–H groups in total. The van der Waals surface area contributed by atoms with Crippen molar-refractivity contribution in [2.45, 2.75) is 31.1 Å². The molecule has 0 unspecified atom stereocenters. The zero-order chi connectivity index (χ0) is 12.6. The zero-order valence-electron chi connectivity index (χ0n) is 10.4. The molecular formula is C14H19NO3. The molecule has 1 aliphatic heterocycles. The fourth-order valence-electron chi connectivity index (χ4n) is 3.49. The highest BCUT2D eigenvalue weighted by molar-refractivity contribution is 5.70. The summed E-state index contributed by atoms with van der Waals surface area (Å²) in [5.74, 6) is -0.197. The van der Waals surface area contributed by atoms with Crippen LogP contribution < -0.4 is 0 Å². The molecule has 0 radical (unpaired) electrons. The predicted octanol–water partition coefficient (Wildman–Crippen LogP) is 2.17. The number of rotatable bonds is 3. The number of carboxylic acids is 1. The minimum atomic E-state index is -0.631. The van der Waals surface area contributed by atoms with E-state index in [-0.39, 0.29) is 11.3 Å². The maximum absolute atomic E-state index is 11.0. The van der Waals surface area contributed by atoms with Crippen molar-refractivity contribution in [2.75, 3.05) is 13.2 Å². The summed E-state index contributed by atoms with van der Waals surface area (Å²) in [4.78, 5) is 14.1. The average molecular weight is 249 g/mol. The molecule has 1 saturated heterocycles. The molecule has 0 bridgehead atoms. The summed E-state index contributed by atoms with van der Waals surface area (Å²) in [5.41, 5.74) is 1.47. The number of hydrogen-bond donors (Lipinski definition) is 2. The number of aromatic amines is 1. The first-order chi connectivity index (χ1) is 8.72. The molecule has 0 aromatic carbocycles. The third-order valence-corrected chi connectivity index (χ3v) is 4.75. The molecule has 2 heterocycles. The lowest BCUT2D eigenvalue weighted by Gasteiger charge is -2.49. The number of H-pyrrole nitrogens is 1. The summed E-state index contributed by atoms with van der Waals surface area (Å²) in [7, 11) is 0. The van der Waals surface area contributed by atoms with Gasteiger partial charge in [0.25, 0.3) is 0 Å². The van der Waals surface area contributed by atoms with Gasteiger partial charge in [-0.15, -0.1) is 0 Å². The van der Waals surface area contributed by atoms with E-state index in [1.54, 1.807) is 0 Å². The molecule has 0 atom stereocenters. The quantitative estimate of drug-likeness (QED) is 0.863. The van der Waals surface area contributed by atoms with Crippen molar-refractivity contribution in [3.8, 4) is 0 Å². The number of carboxylic acid groups (broad SMARTS) is 1. The van der Waals surface area contributed by atoms with E-state index in [4.69, 9.17) is 9.84 Å². The Morgan fingerprint density at radius 2 is 2.06 bits per heavy atom. The number of hydrogen-bond acceptors (Lipinski definition) is 2. The van der Waals surface area contributed by atoms with Crippen LogP contribution in [0.1, 0.15) is 31.2 Å². The molecule has 3 rings (SSSR count). The third-order valence-electron chi connectivity index (χ3n) is 4.75. The summed E-state index contributed by atoms with van der Waals surface area (Å²) in [6.07, 6.45) is 7.65. The van der Waals surface area contributed by atoms with E-state index in [2.05, 4.69) is 17.2 Å². The molecule has 2 fully saturated rings. The second-order valence-corrected chi connectivity index (χ2v) is 5.64. The lowest BCUT2D eigenvalue weighted by molar-refractivity contribution is -0.145. The standard InChI is InChI=1S/C14H19NO3/c16-13(17)10-1-3-11(4-2-10)14(8-18-9-14)12-5-6-15-7-12/h5-7,10-11,15H,1-4,8-9H2,(H,16,17). The van der Waals surface area contributed by atoms with Gasteiger partial charge in [0.15, 0.2) is 0 Å². The first-order valence-electron chi connectivity index (χ1n) is 6.66. The summed E-state index contributed by atoms with van der Waals surface area (Å²) >= 11 is 0. The maximum Gasteiger partial charge on any atom is 0.306 e. The van der Waals surface area contributed by atoms with Gasteiger partial charge in [0, 0.05) is 17.8 Å². The fourth-order valence-corrected chi connectivity index (χ4v) is 3.49. The van der Waals surface area contributed by atoms with E-state index in [1.807, 2.05) is 6.20 Å². The predicted molar refractivity (Wildman–Crippen MR) is 66.4 cm³/mol. The molecule has 4 heteroatoms. The van der Waals surface area contributed by atoms with E-state index < -0.39 is 5.97 Å². The SMILES string of the molecule is O=C(O)C1CCC(C2(c3cc[nH]c3)COC2)CC1. The molecule has 1 aromatic heterocycles. The zero-order valence-corrected chi connectivity index (χ0v) is 10.4.